The molecule has 7 fully saturated rings. The molecule has 11 aliphatic rings. The van der Waals surface area contributed by atoms with Crippen molar-refractivity contribution in [3.63, 3.8) is 0 Å². The van der Waals surface area contributed by atoms with Crippen LogP contribution in [0, 0.1) is 41.4 Å². The number of anilines is 9. The van der Waals surface area contributed by atoms with Crippen molar-refractivity contribution in [2.45, 2.75) is 134 Å². The van der Waals surface area contributed by atoms with Gasteiger partial charge in [0, 0.05) is 50.9 Å². The summed E-state index contributed by atoms with van der Waals surface area (Å²) >= 11 is 0. The van der Waals surface area contributed by atoms with Crippen molar-refractivity contribution in [3.05, 3.63) is 174 Å². The van der Waals surface area contributed by atoms with E-state index in [-0.39, 0.29) is 33.8 Å². The molecule has 8 bridgehead atoms. The molecule has 7 saturated carbocycles. The summed E-state index contributed by atoms with van der Waals surface area (Å²) in [4.78, 5) is 14.2. The Morgan fingerprint density at radius 3 is 1.57 bits per heavy atom. The quantitative estimate of drug-likeness (QED) is 0.155. The van der Waals surface area contributed by atoms with E-state index in [2.05, 4.69) is 216 Å². The van der Waals surface area contributed by atoms with Crippen LogP contribution >= 0.6 is 0 Å². The molecule has 0 unspecified atom stereocenters. The predicted octanol–water partition coefficient (Wildman–Crippen LogP) is 15.5. The second-order valence-electron chi connectivity index (χ2n) is 28.0. The maximum atomic E-state index is 6.39. The summed E-state index contributed by atoms with van der Waals surface area (Å²) in [6.07, 6.45) is 10.7. The van der Waals surface area contributed by atoms with Gasteiger partial charge in [0.2, 0.25) is 0 Å². The Hall–Kier alpha value is -6.07. The molecule has 0 atom stereocenters. The van der Waals surface area contributed by atoms with E-state index in [0.29, 0.717) is 0 Å². The smallest absolute Gasteiger partial charge is 0.254 e. The van der Waals surface area contributed by atoms with Crippen LogP contribution in [0.15, 0.2) is 146 Å². The van der Waals surface area contributed by atoms with Crippen molar-refractivity contribution in [1.82, 2.24) is 4.98 Å². The third kappa shape index (κ3) is 5.91. The minimum Gasteiger partial charge on any atom is -0.311 e. The molecule has 0 spiro atoms. The fraction of sp³-hybridized carbons (Fsp3) is 0.406. The zero-order valence-corrected chi connectivity index (χ0v) is 44.9. The number of para-hydroxylation sites is 3. The Kier molecular flexibility index (Phi) is 8.76. The predicted molar refractivity (Wildman–Crippen MR) is 308 cm³/mol. The van der Waals surface area contributed by atoms with E-state index in [1.54, 1.807) is 0 Å². The molecule has 7 aromatic rings. The number of nitrogens with zero attached hydrogens (tertiary/aromatic N) is 4. The highest BCUT2D eigenvalue weighted by Crippen LogP contribution is 2.74. The van der Waals surface area contributed by atoms with Gasteiger partial charge in [0.15, 0.2) is 0 Å². The monoisotopic (exact) mass is 967 g/mol. The van der Waals surface area contributed by atoms with Gasteiger partial charge < -0.3 is 9.80 Å². The van der Waals surface area contributed by atoms with E-state index < -0.39 is 0 Å². The molecule has 0 N–H and O–H groups in total. The van der Waals surface area contributed by atoms with Gasteiger partial charge in [0.25, 0.3) is 6.71 Å². The first-order valence-electron chi connectivity index (χ1n) is 28.7. The van der Waals surface area contributed by atoms with Crippen LogP contribution in [0.3, 0.4) is 0 Å². The van der Waals surface area contributed by atoms with E-state index in [9.17, 15) is 0 Å². The molecule has 2 aliphatic heterocycles. The van der Waals surface area contributed by atoms with E-state index in [1.807, 2.05) is 0 Å². The number of benzene rings is 6. The van der Waals surface area contributed by atoms with Gasteiger partial charge in [-0.2, -0.15) is 0 Å². The van der Waals surface area contributed by atoms with Gasteiger partial charge in [-0.1, -0.05) is 128 Å². The summed E-state index contributed by atoms with van der Waals surface area (Å²) in [6, 6.07) is 56.3. The molecule has 18 rings (SSSR count). The first-order chi connectivity index (χ1) is 35.6. The zero-order chi connectivity index (χ0) is 50.0. The van der Waals surface area contributed by atoms with Crippen LogP contribution in [-0.4, -0.2) is 11.7 Å². The highest BCUT2D eigenvalue weighted by Gasteiger charge is 2.68. The molecule has 1 aromatic heterocycles. The minimum absolute atomic E-state index is 0.0176. The second kappa shape index (κ2) is 14.7. The lowest BCUT2D eigenvalue weighted by Crippen LogP contribution is -2.66. The van der Waals surface area contributed by atoms with Crippen LogP contribution in [0.5, 0.6) is 0 Å². The highest BCUT2D eigenvalue weighted by atomic mass is 15.2. The SMILES string of the molecule is CC1(C)CC(C)(C)c2cc(N3c4cc5c(cc4B4c6ccc(N(c7ccccc7)c7ccccc7)cc6N(c6ccccc6)c6nc(C78CC9C%10CC%11CC9C(C7)C(C%11)C%10C8)cc3c64)C(C)(C)CC5(C)C)ccc21. The molecular formula is C69H71BN4. The molecule has 0 radical (unpaired) electrons. The summed E-state index contributed by atoms with van der Waals surface area (Å²) in [5, 5.41) is 0. The molecule has 9 aliphatic carbocycles. The van der Waals surface area contributed by atoms with Gasteiger partial charge in [-0.3, -0.25) is 4.90 Å². The minimum atomic E-state index is -0.0176. The van der Waals surface area contributed by atoms with Crippen LogP contribution < -0.4 is 31.1 Å². The molecule has 3 heterocycles. The van der Waals surface area contributed by atoms with Gasteiger partial charge in [0.1, 0.15) is 5.82 Å². The van der Waals surface area contributed by atoms with Crippen molar-refractivity contribution in [3.8, 4) is 0 Å². The average molecular weight is 967 g/mol. The molecule has 74 heavy (non-hydrogen) atoms. The topological polar surface area (TPSA) is 22.6 Å². The van der Waals surface area contributed by atoms with Crippen LogP contribution in [0.4, 0.5) is 51.3 Å². The zero-order valence-electron chi connectivity index (χ0n) is 44.9. The molecule has 370 valence electrons. The van der Waals surface area contributed by atoms with Crippen molar-refractivity contribution >= 4 is 74.4 Å². The fourth-order valence-electron chi connectivity index (χ4n) is 19.8. The Bertz CT molecular complexity index is 3400. The summed E-state index contributed by atoms with van der Waals surface area (Å²) in [7, 11) is 0. The molecule has 4 nitrogen and oxygen atoms in total. The van der Waals surface area contributed by atoms with Gasteiger partial charge in [0.05, 0.1) is 5.69 Å². The maximum absolute atomic E-state index is 6.39. The van der Waals surface area contributed by atoms with Crippen LogP contribution in [0.1, 0.15) is 135 Å². The first kappa shape index (κ1) is 44.3. The number of hydrogen-bond acceptors (Lipinski definition) is 4. The molecule has 0 saturated heterocycles. The Labute approximate surface area is 440 Å². The first-order valence-corrected chi connectivity index (χ1v) is 28.7. The standard InChI is InChI=1S/C69H71BN4/c1-65(2)39-66(3,4)54-31-45(24-26-53(54)65)73-60-34-56-55(67(5,6)40-68(56,7)8)33-58(60)70-57-27-25-46(72(42-18-12-9-13-19-42)43-20-14-10-15-21-43)32-59(57)74(44-22-16-11-17-23-44)64-63(70)61(73)35-62(71-64)69-36-50-47-28-41-29-48(50)52(38-69)49(30-41)51(47)37-69/h9-27,31-35,41,47-52H,28-30,36-40H2,1-8H3. The maximum Gasteiger partial charge on any atom is 0.254 e. The lowest BCUT2D eigenvalue weighted by Gasteiger charge is -2.72. The number of fused-ring (bicyclic) bond motifs is 6. The van der Waals surface area contributed by atoms with E-state index in [1.165, 1.54) is 111 Å². The van der Waals surface area contributed by atoms with Crippen molar-refractivity contribution in [1.29, 1.82) is 0 Å². The summed E-state index contributed by atoms with van der Waals surface area (Å²) in [6.45, 7) is 19.9. The third-order valence-corrected chi connectivity index (χ3v) is 21.8. The van der Waals surface area contributed by atoms with E-state index in [0.717, 1.165) is 77.1 Å². The highest BCUT2D eigenvalue weighted by molar-refractivity contribution is 7.00. The van der Waals surface area contributed by atoms with Crippen LogP contribution in [0.2, 0.25) is 0 Å². The van der Waals surface area contributed by atoms with Crippen LogP contribution in [0.25, 0.3) is 0 Å². The Morgan fingerprint density at radius 2 is 0.973 bits per heavy atom. The number of rotatable bonds is 6. The Morgan fingerprint density at radius 1 is 0.446 bits per heavy atom. The molecule has 6 aromatic carbocycles. The van der Waals surface area contributed by atoms with Crippen LogP contribution in [-0.2, 0) is 27.1 Å². The molecule has 0 amide bonds. The average Bonchev–Trinajstić information content (AvgIpc) is 3.88. The van der Waals surface area contributed by atoms with Crippen molar-refractivity contribution < 1.29 is 0 Å². The summed E-state index contributed by atoms with van der Waals surface area (Å²) < 4.78 is 0. The second-order valence-corrected chi connectivity index (χ2v) is 28.0. The molecular weight excluding hydrogens is 896 g/mol. The van der Waals surface area contributed by atoms with Gasteiger partial charge in [-0.15, -0.1) is 0 Å². The van der Waals surface area contributed by atoms with Crippen molar-refractivity contribution in [2.24, 2.45) is 41.4 Å². The van der Waals surface area contributed by atoms with Gasteiger partial charge >= 0.3 is 0 Å². The van der Waals surface area contributed by atoms with E-state index >= 15 is 0 Å². The third-order valence-electron chi connectivity index (χ3n) is 21.8. The van der Waals surface area contributed by atoms with Gasteiger partial charge in [-0.25, -0.2) is 4.98 Å². The largest absolute Gasteiger partial charge is 0.311 e. The fourth-order valence-corrected chi connectivity index (χ4v) is 19.8. The van der Waals surface area contributed by atoms with Crippen molar-refractivity contribution in [2.75, 3.05) is 14.7 Å². The number of aromatic nitrogens is 1. The lowest BCUT2D eigenvalue weighted by atomic mass is 9.32. The Balaban J connectivity index is 0.999. The summed E-state index contributed by atoms with van der Waals surface area (Å²) in [5.41, 5.74) is 21.7. The van der Waals surface area contributed by atoms with Gasteiger partial charge in [-0.05, 0) is 226 Å². The molecule has 5 heteroatoms. The number of pyridine rings is 1. The van der Waals surface area contributed by atoms with E-state index in [4.69, 9.17) is 4.98 Å². The normalized spacial score (nSPS) is 29.5. The summed E-state index contributed by atoms with van der Waals surface area (Å²) in [5.74, 6) is 7.47. The lowest BCUT2D eigenvalue weighted by molar-refractivity contribution is -0.213. The number of hydrogen-bond donors (Lipinski definition) is 0.